The highest BCUT2D eigenvalue weighted by atomic mass is 35.5. The largest absolute Gasteiger partial charge is 0.352 e. The number of carbonyl (C=O) groups excluding carboxylic acids is 2. The smallest absolute Gasteiger partial charge is 0.317 e. The fourth-order valence-electron chi connectivity index (χ4n) is 4.01. The third-order valence-corrected chi connectivity index (χ3v) is 5.41. The molecule has 0 aromatic rings. The summed E-state index contributed by atoms with van der Waals surface area (Å²) in [6.45, 7) is 3.24. The summed E-state index contributed by atoms with van der Waals surface area (Å²) in [5.74, 6) is 0.0667. The average molecular weight is 359 g/mol. The molecule has 0 aromatic heterocycles. The van der Waals surface area contributed by atoms with Gasteiger partial charge in [-0.15, -0.1) is 12.4 Å². The van der Waals surface area contributed by atoms with Crippen molar-refractivity contribution < 1.29 is 9.59 Å². The molecule has 0 spiro atoms. The molecule has 3 amide bonds. The van der Waals surface area contributed by atoms with Gasteiger partial charge >= 0.3 is 6.03 Å². The Morgan fingerprint density at radius 1 is 0.917 bits per heavy atom. The highest BCUT2D eigenvalue weighted by Crippen LogP contribution is 2.20. The topological polar surface area (TPSA) is 73.5 Å². The van der Waals surface area contributed by atoms with E-state index in [1.165, 1.54) is 12.8 Å². The van der Waals surface area contributed by atoms with Gasteiger partial charge in [-0.3, -0.25) is 4.79 Å². The van der Waals surface area contributed by atoms with Gasteiger partial charge in [-0.1, -0.05) is 12.8 Å². The summed E-state index contributed by atoms with van der Waals surface area (Å²) in [7, 11) is 0. The number of nitrogens with one attached hydrogen (secondary N) is 3. The van der Waals surface area contributed by atoms with Gasteiger partial charge in [0.25, 0.3) is 0 Å². The summed E-state index contributed by atoms with van der Waals surface area (Å²) in [5.41, 5.74) is 0. The Morgan fingerprint density at radius 3 is 2.38 bits per heavy atom. The lowest BCUT2D eigenvalue weighted by atomic mass is 9.96. The molecule has 138 valence electrons. The van der Waals surface area contributed by atoms with Gasteiger partial charge in [-0.05, 0) is 45.1 Å². The van der Waals surface area contributed by atoms with Gasteiger partial charge in [0.05, 0.1) is 5.92 Å². The minimum absolute atomic E-state index is 0. The van der Waals surface area contributed by atoms with E-state index in [-0.39, 0.29) is 36.3 Å². The summed E-state index contributed by atoms with van der Waals surface area (Å²) in [5, 5.41) is 9.62. The number of likely N-dealkylation sites (tertiary alicyclic amines) is 1. The van der Waals surface area contributed by atoms with Crippen LogP contribution in [0.15, 0.2) is 0 Å². The summed E-state index contributed by atoms with van der Waals surface area (Å²) in [6.07, 6.45) is 8.59. The van der Waals surface area contributed by atoms with Gasteiger partial charge in [0, 0.05) is 31.7 Å². The molecule has 6 nitrogen and oxygen atoms in total. The summed E-state index contributed by atoms with van der Waals surface area (Å²) in [6, 6.07) is 0.609. The van der Waals surface area contributed by atoms with Crippen LogP contribution < -0.4 is 16.0 Å². The molecule has 2 heterocycles. The molecule has 0 radical (unpaired) electrons. The Bertz CT molecular complexity index is 423. The van der Waals surface area contributed by atoms with Gasteiger partial charge in [0.15, 0.2) is 0 Å². The number of rotatable bonds is 3. The molecule has 2 aliphatic heterocycles. The van der Waals surface area contributed by atoms with E-state index < -0.39 is 0 Å². The van der Waals surface area contributed by atoms with Crippen LogP contribution in [0.2, 0.25) is 0 Å². The molecule has 24 heavy (non-hydrogen) atoms. The Labute approximate surface area is 150 Å². The third kappa shape index (κ3) is 5.24. The van der Waals surface area contributed by atoms with Gasteiger partial charge in [-0.25, -0.2) is 4.79 Å². The molecule has 1 saturated carbocycles. The van der Waals surface area contributed by atoms with Crippen LogP contribution in [0.3, 0.4) is 0 Å². The number of urea groups is 1. The van der Waals surface area contributed by atoms with E-state index in [1.807, 2.05) is 4.90 Å². The predicted octanol–water partition coefficient (Wildman–Crippen LogP) is 1.64. The van der Waals surface area contributed by atoms with Crippen molar-refractivity contribution in [3.05, 3.63) is 0 Å². The highest BCUT2D eigenvalue weighted by Gasteiger charge is 2.30. The Hall–Kier alpha value is -1.01. The first-order valence-electron chi connectivity index (χ1n) is 9.29. The lowest BCUT2D eigenvalue weighted by Crippen LogP contribution is -2.53. The molecule has 0 aromatic carbocycles. The van der Waals surface area contributed by atoms with E-state index in [0.29, 0.717) is 12.6 Å². The Balaban J connectivity index is 0.00000208. The van der Waals surface area contributed by atoms with Crippen LogP contribution >= 0.6 is 12.4 Å². The zero-order valence-electron chi connectivity index (χ0n) is 14.4. The number of halogens is 1. The highest BCUT2D eigenvalue weighted by molar-refractivity contribution is 5.85. The van der Waals surface area contributed by atoms with Gasteiger partial charge < -0.3 is 20.9 Å². The Kier molecular flexibility index (Phi) is 7.62. The van der Waals surface area contributed by atoms with Crippen LogP contribution in [0.25, 0.3) is 0 Å². The maximum atomic E-state index is 12.5. The maximum absolute atomic E-state index is 12.5. The normalized spacial score (nSPS) is 28.1. The SMILES string of the molecule is Cl.O=C(N[C@H]1CCCNC1)C1CCCN(C(=O)NC2CCCC2)C1. The van der Waals surface area contributed by atoms with Crippen LogP contribution in [-0.2, 0) is 4.79 Å². The molecule has 0 bridgehead atoms. The number of nitrogens with zero attached hydrogens (tertiary/aromatic N) is 1. The van der Waals surface area contributed by atoms with Crippen molar-refractivity contribution >= 4 is 24.3 Å². The van der Waals surface area contributed by atoms with Crippen molar-refractivity contribution in [3.63, 3.8) is 0 Å². The van der Waals surface area contributed by atoms with Crippen molar-refractivity contribution in [2.75, 3.05) is 26.2 Å². The second-order valence-corrected chi connectivity index (χ2v) is 7.27. The summed E-state index contributed by atoms with van der Waals surface area (Å²) < 4.78 is 0. The molecule has 3 aliphatic rings. The van der Waals surface area contributed by atoms with Crippen LogP contribution in [0.1, 0.15) is 51.4 Å². The number of amides is 3. The summed E-state index contributed by atoms with van der Waals surface area (Å²) in [4.78, 5) is 26.7. The molecule has 1 unspecified atom stereocenters. The fraction of sp³-hybridized carbons (Fsp3) is 0.882. The van der Waals surface area contributed by atoms with E-state index in [9.17, 15) is 9.59 Å². The van der Waals surface area contributed by atoms with E-state index in [4.69, 9.17) is 0 Å². The average Bonchev–Trinajstić information content (AvgIpc) is 3.09. The first kappa shape index (κ1) is 19.3. The van der Waals surface area contributed by atoms with Crippen molar-refractivity contribution in [1.29, 1.82) is 0 Å². The number of hydrogen-bond acceptors (Lipinski definition) is 3. The molecule has 3 rings (SSSR count). The molecular weight excluding hydrogens is 328 g/mol. The number of hydrogen-bond donors (Lipinski definition) is 3. The van der Waals surface area contributed by atoms with E-state index in [1.54, 1.807) is 0 Å². The van der Waals surface area contributed by atoms with Crippen LogP contribution in [0.4, 0.5) is 4.79 Å². The fourth-order valence-corrected chi connectivity index (χ4v) is 4.01. The van der Waals surface area contributed by atoms with Gasteiger partial charge in [0.1, 0.15) is 0 Å². The van der Waals surface area contributed by atoms with Crippen LogP contribution in [0, 0.1) is 5.92 Å². The first-order valence-corrected chi connectivity index (χ1v) is 9.29. The molecular formula is C17H31ClN4O2. The van der Waals surface area contributed by atoms with Gasteiger partial charge in [-0.2, -0.15) is 0 Å². The van der Waals surface area contributed by atoms with Crippen molar-refractivity contribution in [3.8, 4) is 0 Å². The summed E-state index contributed by atoms with van der Waals surface area (Å²) >= 11 is 0. The lowest BCUT2D eigenvalue weighted by Gasteiger charge is -2.34. The van der Waals surface area contributed by atoms with Crippen molar-refractivity contribution in [2.45, 2.75) is 63.5 Å². The minimum Gasteiger partial charge on any atom is -0.352 e. The first-order chi connectivity index (χ1) is 11.2. The molecule has 2 atom stereocenters. The van der Waals surface area contributed by atoms with Crippen molar-refractivity contribution in [2.24, 2.45) is 5.92 Å². The zero-order chi connectivity index (χ0) is 16.1. The third-order valence-electron chi connectivity index (χ3n) is 5.41. The molecule has 2 saturated heterocycles. The number of piperidine rings is 2. The minimum atomic E-state index is -0.0556. The van der Waals surface area contributed by atoms with Crippen molar-refractivity contribution in [1.82, 2.24) is 20.9 Å². The quantitative estimate of drug-likeness (QED) is 0.718. The second kappa shape index (κ2) is 9.47. The lowest BCUT2D eigenvalue weighted by molar-refractivity contribution is -0.127. The monoisotopic (exact) mass is 358 g/mol. The van der Waals surface area contributed by atoms with E-state index in [0.717, 1.165) is 58.2 Å². The van der Waals surface area contributed by atoms with Crippen LogP contribution in [0.5, 0.6) is 0 Å². The second-order valence-electron chi connectivity index (χ2n) is 7.27. The predicted molar refractivity (Wildman–Crippen MR) is 96.4 cm³/mol. The molecule has 1 aliphatic carbocycles. The molecule has 7 heteroatoms. The maximum Gasteiger partial charge on any atom is 0.317 e. The van der Waals surface area contributed by atoms with Gasteiger partial charge in [0.2, 0.25) is 5.91 Å². The zero-order valence-corrected chi connectivity index (χ0v) is 15.2. The number of carbonyl (C=O) groups is 2. The van der Waals surface area contributed by atoms with E-state index >= 15 is 0 Å². The molecule has 3 fully saturated rings. The standard InChI is InChI=1S/C17H30N4O2.ClH/c22-16(19-15-8-3-9-18-11-15)13-5-4-10-21(12-13)17(23)20-14-6-1-2-7-14;/h13-15,18H,1-12H2,(H,19,22)(H,20,23);1H/t13?,15-;/m0./s1. The molecule has 3 N–H and O–H groups in total. The Morgan fingerprint density at radius 2 is 1.67 bits per heavy atom. The van der Waals surface area contributed by atoms with E-state index in [2.05, 4.69) is 16.0 Å². The van der Waals surface area contributed by atoms with Crippen LogP contribution in [-0.4, -0.2) is 55.1 Å².